The summed E-state index contributed by atoms with van der Waals surface area (Å²) in [4.78, 5) is 0. The topological polar surface area (TPSA) is 25.2 Å². The minimum absolute atomic E-state index is 0.795. The summed E-state index contributed by atoms with van der Waals surface area (Å²) >= 11 is 5.58. The predicted octanol–water partition coefficient (Wildman–Crippen LogP) is 2.57. The molecule has 0 radical (unpaired) electrons. The molecule has 4 heteroatoms. The summed E-state index contributed by atoms with van der Waals surface area (Å²) in [6.45, 7) is 1.84. The second-order valence-electron chi connectivity index (χ2n) is 2.07. The number of alkyl halides is 1. The summed E-state index contributed by atoms with van der Waals surface area (Å²) in [5.41, 5.74) is 0. The molecule has 0 fully saturated rings. The Kier molecular flexibility index (Phi) is 4.47. The monoisotopic (exact) mass is 329 g/mol. The molecule has 0 unspecified atom stereocenters. The van der Waals surface area contributed by atoms with Crippen LogP contribution in [0, 0.1) is 0 Å². The van der Waals surface area contributed by atoms with Gasteiger partial charge in [-0.25, -0.2) is 0 Å². The van der Waals surface area contributed by atoms with Gasteiger partial charge in [0.15, 0.2) is 4.67 Å². The Morgan fingerprint density at radius 2 is 2.36 bits per heavy atom. The smallest absolute Gasteiger partial charge is 0.169 e. The molecule has 1 N–H and O–H groups in total. The van der Waals surface area contributed by atoms with E-state index in [1.54, 1.807) is 0 Å². The normalized spacial score (nSPS) is 10.4. The van der Waals surface area contributed by atoms with Gasteiger partial charge in [-0.15, -0.1) is 0 Å². The largest absolute Gasteiger partial charge is 0.453 e. The average molecular weight is 330 g/mol. The number of halogens is 2. The second kappa shape index (κ2) is 5.16. The number of rotatable bonds is 4. The molecule has 0 aromatic carbocycles. The minimum Gasteiger partial charge on any atom is -0.453 e. The number of furan rings is 1. The molecule has 62 valence electrons. The van der Waals surface area contributed by atoms with Crippen molar-refractivity contribution in [2.45, 2.75) is 6.54 Å². The van der Waals surface area contributed by atoms with Crippen LogP contribution in [0.3, 0.4) is 0 Å². The average Bonchev–Trinajstić information content (AvgIpc) is 2.37. The van der Waals surface area contributed by atoms with E-state index in [9.17, 15) is 0 Å². The summed E-state index contributed by atoms with van der Waals surface area (Å²) in [6, 6.07) is 3.87. The van der Waals surface area contributed by atoms with Gasteiger partial charge in [-0.05, 0) is 28.1 Å². The molecule has 1 heterocycles. The first kappa shape index (κ1) is 9.54. The third-order valence-electron chi connectivity index (χ3n) is 1.20. The van der Waals surface area contributed by atoms with Gasteiger partial charge in [-0.2, -0.15) is 0 Å². The molecule has 1 rings (SSSR count). The summed E-state index contributed by atoms with van der Waals surface area (Å²) < 4.78 is 7.20. The second-order valence-corrected chi connectivity index (χ2v) is 3.93. The first-order valence-corrected chi connectivity index (χ1v) is 5.65. The van der Waals surface area contributed by atoms with Gasteiger partial charge in [-0.1, -0.05) is 22.6 Å². The van der Waals surface area contributed by atoms with E-state index in [-0.39, 0.29) is 0 Å². The van der Waals surface area contributed by atoms with Gasteiger partial charge in [0.2, 0.25) is 0 Å². The van der Waals surface area contributed by atoms with Gasteiger partial charge in [0.05, 0.1) is 6.54 Å². The van der Waals surface area contributed by atoms with Gasteiger partial charge in [0.1, 0.15) is 5.76 Å². The van der Waals surface area contributed by atoms with E-state index in [0.29, 0.717) is 0 Å². The fraction of sp³-hybridized carbons (Fsp3) is 0.429. The molecule has 0 amide bonds. The lowest BCUT2D eigenvalue weighted by atomic mass is 10.4. The van der Waals surface area contributed by atoms with E-state index in [2.05, 4.69) is 43.8 Å². The molecule has 11 heavy (non-hydrogen) atoms. The van der Waals surface area contributed by atoms with Crippen molar-refractivity contribution < 1.29 is 4.42 Å². The first-order valence-electron chi connectivity index (χ1n) is 3.34. The van der Waals surface area contributed by atoms with Gasteiger partial charge in [-0.3, -0.25) is 0 Å². The van der Waals surface area contributed by atoms with Gasteiger partial charge in [0.25, 0.3) is 0 Å². The van der Waals surface area contributed by atoms with Crippen molar-refractivity contribution in [1.82, 2.24) is 5.32 Å². The number of nitrogens with one attached hydrogen (secondary N) is 1. The lowest BCUT2D eigenvalue weighted by Crippen LogP contribution is -2.14. The van der Waals surface area contributed by atoms with E-state index < -0.39 is 0 Å². The van der Waals surface area contributed by atoms with Crippen LogP contribution >= 0.6 is 38.5 Å². The maximum atomic E-state index is 5.28. The van der Waals surface area contributed by atoms with Crippen LogP contribution in [-0.4, -0.2) is 11.0 Å². The molecule has 0 bridgehead atoms. The third-order valence-corrected chi connectivity index (χ3v) is 2.16. The molecule has 2 nitrogen and oxygen atoms in total. The highest BCUT2D eigenvalue weighted by atomic mass is 127. The molecule has 0 spiro atoms. The Labute approximate surface area is 88.0 Å². The highest BCUT2D eigenvalue weighted by molar-refractivity contribution is 14.1. The molecule has 0 saturated carbocycles. The van der Waals surface area contributed by atoms with Gasteiger partial charge < -0.3 is 9.73 Å². The predicted molar refractivity (Wildman–Crippen MR) is 57.0 cm³/mol. The molecule has 0 aliphatic heterocycles. The Bertz CT molecular complexity index is 214. The van der Waals surface area contributed by atoms with E-state index in [1.807, 2.05) is 12.1 Å². The summed E-state index contributed by atoms with van der Waals surface area (Å²) in [5, 5.41) is 3.24. The molecule has 1 aromatic rings. The standard InChI is InChI=1S/C7H9BrINO/c8-7-2-1-6(11-7)5-10-4-3-9/h1-2,10H,3-5H2. The Morgan fingerprint density at radius 1 is 1.55 bits per heavy atom. The SMILES string of the molecule is Brc1ccc(CNCCI)o1. The molecule has 0 aliphatic rings. The fourth-order valence-corrected chi connectivity index (χ4v) is 1.45. The van der Waals surface area contributed by atoms with Crippen LogP contribution in [0.4, 0.5) is 0 Å². The van der Waals surface area contributed by atoms with E-state index in [0.717, 1.165) is 27.9 Å². The van der Waals surface area contributed by atoms with Crippen LogP contribution < -0.4 is 5.32 Å². The Balaban J connectivity index is 2.27. The number of hydrogen-bond donors (Lipinski definition) is 1. The van der Waals surface area contributed by atoms with Crippen molar-refractivity contribution in [2.24, 2.45) is 0 Å². The van der Waals surface area contributed by atoms with Crippen LogP contribution in [0.15, 0.2) is 21.2 Å². The van der Waals surface area contributed by atoms with E-state index in [4.69, 9.17) is 4.42 Å². The van der Waals surface area contributed by atoms with Crippen molar-refractivity contribution in [2.75, 3.05) is 11.0 Å². The summed E-state index contributed by atoms with van der Waals surface area (Å²) in [5.74, 6) is 0.974. The van der Waals surface area contributed by atoms with Crippen molar-refractivity contribution in [3.8, 4) is 0 Å². The lowest BCUT2D eigenvalue weighted by Gasteiger charge is -1.97. The third kappa shape index (κ3) is 3.57. The summed E-state index contributed by atoms with van der Waals surface area (Å²) in [7, 11) is 0. The first-order chi connectivity index (χ1) is 5.33. The Hall–Kier alpha value is 0.450. The van der Waals surface area contributed by atoms with E-state index in [1.165, 1.54) is 0 Å². The molecule has 0 saturated heterocycles. The lowest BCUT2D eigenvalue weighted by molar-refractivity contribution is 0.470. The zero-order chi connectivity index (χ0) is 8.10. The maximum Gasteiger partial charge on any atom is 0.169 e. The van der Waals surface area contributed by atoms with Gasteiger partial charge in [0, 0.05) is 11.0 Å². The molecular weight excluding hydrogens is 321 g/mol. The highest BCUT2D eigenvalue weighted by Gasteiger charge is 1.96. The van der Waals surface area contributed by atoms with Crippen LogP contribution in [0.2, 0.25) is 0 Å². The minimum atomic E-state index is 0.795. The van der Waals surface area contributed by atoms with Crippen molar-refractivity contribution in [1.29, 1.82) is 0 Å². The zero-order valence-corrected chi connectivity index (χ0v) is 9.68. The zero-order valence-electron chi connectivity index (χ0n) is 5.94. The maximum absolute atomic E-state index is 5.28. The molecular formula is C7H9BrINO. The van der Waals surface area contributed by atoms with Crippen LogP contribution in [-0.2, 0) is 6.54 Å². The van der Waals surface area contributed by atoms with Crippen LogP contribution in [0.25, 0.3) is 0 Å². The molecule has 0 aliphatic carbocycles. The fourth-order valence-electron chi connectivity index (χ4n) is 0.725. The quantitative estimate of drug-likeness (QED) is 0.522. The van der Waals surface area contributed by atoms with Crippen molar-refractivity contribution in [3.05, 3.63) is 22.6 Å². The van der Waals surface area contributed by atoms with Crippen LogP contribution in [0.1, 0.15) is 5.76 Å². The molecule has 1 aromatic heterocycles. The molecule has 0 atom stereocenters. The Morgan fingerprint density at radius 3 is 2.91 bits per heavy atom. The van der Waals surface area contributed by atoms with Crippen molar-refractivity contribution >= 4 is 38.5 Å². The van der Waals surface area contributed by atoms with Crippen molar-refractivity contribution in [3.63, 3.8) is 0 Å². The van der Waals surface area contributed by atoms with Crippen LogP contribution in [0.5, 0.6) is 0 Å². The van der Waals surface area contributed by atoms with E-state index >= 15 is 0 Å². The number of hydrogen-bond acceptors (Lipinski definition) is 2. The summed E-state index contributed by atoms with van der Waals surface area (Å²) in [6.07, 6.45) is 0. The highest BCUT2D eigenvalue weighted by Crippen LogP contribution is 2.13. The van der Waals surface area contributed by atoms with Gasteiger partial charge >= 0.3 is 0 Å².